The molecule has 2 aromatic heterocycles. The zero-order valence-electron chi connectivity index (χ0n) is 9.88. The van der Waals surface area contributed by atoms with E-state index in [0.717, 1.165) is 5.75 Å². The Kier molecular flexibility index (Phi) is 4.30. The summed E-state index contributed by atoms with van der Waals surface area (Å²) in [6.45, 7) is 2.29. The molecule has 0 unspecified atom stereocenters. The van der Waals surface area contributed by atoms with E-state index in [1.54, 1.807) is 6.20 Å². The van der Waals surface area contributed by atoms with Gasteiger partial charge in [-0.3, -0.25) is 9.78 Å². The van der Waals surface area contributed by atoms with Crippen LogP contribution in [0.25, 0.3) is 0 Å². The third-order valence-electron chi connectivity index (χ3n) is 2.13. The van der Waals surface area contributed by atoms with E-state index in [0.29, 0.717) is 23.2 Å². The first kappa shape index (κ1) is 12.6. The number of nitrogens with one attached hydrogen (secondary N) is 2. The van der Waals surface area contributed by atoms with Gasteiger partial charge in [-0.15, -0.1) is 10.2 Å². The number of anilines is 1. The third kappa shape index (κ3) is 3.30. The minimum atomic E-state index is -0.218. The SMILES string of the molecule is CCSc1nnc(CNc2ccccn2)c(=O)[nH]1. The first-order chi connectivity index (χ1) is 8.79. The molecule has 0 saturated heterocycles. The summed E-state index contributed by atoms with van der Waals surface area (Å²) in [4.78, 5) is 18.5. The van der Waals surface area contributed by atoms with Crippen molar-refractivity contribution < 1.29 is 0 Å². The number of nitrogens with zero attached hydrogens (tertiary/aromatic N) is 3. The van der Waals surface area contributed by atoms with Crippen LogP contribution in [0.1, 0.15) is 12.6 Å². The lowest BCUT2D eigenvalue weighted by atomic mass is 10.4. The van der Waals surface area contributed by atoms with Gasteiger partial charge in [0.25, 0.3) is 5.56 Å². The number of H-pyrrole nitrogens is 1. The lowest BCUT2D eigenvalue weighted by Crippen LogP contribution is -2.20. The van der Waals surface area contributed by atoms with Crippen molar-refractivity contribution >= 4 is 17.6 Å². The molecule has 94 valence electrons. The molecule has 0 aliphatic rings. The van der Waals surface area contributed by atoms with Gasteiger partial charge >= 0.3 is 0 Å². The summed E-state index contributed by atoms with van der Waals surface area (Å²) in [5.74, 6) is 1.54. The van der Waals surface area contributed by atoms with Crippen molar-refractivity contribution in [3.05, 3.63) is 40.4 Å². The molecular weight excluding hydrogens is 250 g/mol. The normalized spacial score (nSPS) is 10.3. The van der Waals surface area contributed by atoms with Crippen LogP contribution >= 0.6 is 11.8 Å². The summed E-state index contributed by atoms with van der Waals surface area (Å²) in [6, 6.07) is 5.52. The number of aromatic amines is 1. The average molecular weight is 263 g/mol. The summed E-state index contributed by atoms with van der Waals surface area (Å²) in [7, 11) is 0. The quantitative estimate of drug-likeness (QED) is 0.791. The van der Waals surface area contributed by atoms with Crippen molar-refractivity contribution in [1.82, 2.24) is 20.2 Å². The van der Waals surface area contributed by atoms with E-state index in [9.17, 15) is 4.79 Å². The Hall–Kier alpha value is -1.89. The van der Waals surface area contributed by atoms with Gasteiger partial charge in [-0.2, -0.15) is 0 Å². The molecular formula is C11H13N5OS. The Labute approximate surface area is 108 Å². The van der Waals surface area contributed by atoms with E-state index < -0.39 is 0 Å². The highest BCUT2D eigenvalue weighted by Gasteiger charge is 2.04. The number of pyridine rings is 1. The van der Waals surface area contributed by atoms with Gasteiger partial charge in [-0.1, -0.05) is 24.8 Å². The van der Waals surface area contributed by atoms with Gasteiger partial charge in [0.2, 0.25) is 0 Å². The van der Waals surface area contributed by atoms with Gasteiger partial charge in [0.15, 0.2) is 5.16 Å². The Morgan fingerprint density at radius 3 is 2.94 bits per heavy atom. The molecule has 0 bridgehead atoms. The smallest absolute Gasteiger partial charge is 0.275 e. The van der Waals surface area contributed by atoms with Crippen LogP contribution in [-0.2, 0) is 6.54 Å². The molecule has 0 radical (unpaired) electrons. The van der Waals surface area contributed by atoms with Crippen LogP contribution in [-0.4, -0.2) is 25.9 Å². The molecule has 6 nitrogen and oxygen atoms in total. The Balaban J connectivity index is 2.04. The number of aromatic nitrogens is 4. The molecule has 0 fully saturated rings. The second-order valence-corrected chi connectivity index (χ2v) is 4.66. The maximum atomic E-state index is 11.7. The van der Waals surface area contributed by atoms with Crippen molar-refractivity contribution in [2.24, 2.45) is 0 Å². The first-order valence-corrected chi connectivity index (χ1v) is 6.51. The van der Waals surface area contributed by atoms with Gasteiger partial charge in [-0.05, 0) is 17.9 Å². The minimum Gasteiger partial charge on any atom is -0.364 e. The number of hydrogen-bond acceptors (Lipinski definition) is 6. The monoisotopic (exact) mass is 263 g/mol. The number of hydrogen-bond donors (Lipinski definition) is 2. The Bertz CT molecular complexity index is 557. The molecule has 18 heavy (non-hydrogen) atoms. The van der Waals surface area contributed by atoms with Crippen molar-refractivity contribution in [3.63, 3.8) is 0 Å². The van der Waals surface area contributed by atoms with Crippen LogP contribution < -0.4 is 10.9 Å². The summed E-state index contributed by atoms with van der Waals surface area (Å²) in [6.07, 6.45) is 1.68. The topological polar surface area (TPSA) is 83.6 Å². The van der Waals surface area contributed by atoms with Crippen LogP contribution in [0, 0.1) is 0 Å². The number of rotatable bonds is 5. The highest BCUT2D eigenvalue weighted by atomic mass is 32.2. The highest BCUT2D eigenvalue weighted by Crippen LogP contribution is 2.08. The molecule has 7 heteroatoms. The molecule has 2 heterocycles. The van der Waals surface area contributed by atoms with Crippen molar-refractivity contribution in [2.75, 3.05) is 11.1 Å². The summed E-state index contributed by atoms with van der Waals surface area (Å²) in [5, 5.41) is 11.4. The fourth-order valence-corrected chi connectivity index (χ4v) is 1.84. The highest BCUT2D eigenvalue weighted by molar-refractivity contribution is 7.99. The van der Waals surface area contributed by atoms with Gasteiger partial charge in [0.1, 0.15) is 11.5 Å². The van der Waals surface area contributed by atoms with E-state index in [2.05, 4.69) is 25.5 Å². The number of thioether (sulfide) groups is 1. The van der Waals surface area contributed by atoms with E-state index in [1.807, 2.05) is 25.1 Å². The van der Waals surface area contributed by atoms with Crippen LogP contribution in [0.5, 0.6) is 0 Å². The molecule has 2 rings (SSSR count). The van der Waals surface area contributed by atoms with E-state index in [-0.39, 0.29) is 5.56 Å². The molecule has 0 aliphatic carbocycles. The zero-order valence-corrected chi connectivity index (χ0v) is 10.7. The predicted octanol–water partition coefficient (Wildman–Crippen LogP) is 1.28. The van der Waals surface area contributed by atoms with Gasteiger partial charge < -0.3 is 5.32 Å². The van der Waals surface area contributed by atoms with Crippen LogP contribution in [0.4, 0.5) is 5.82 Å². The Morgan fingerprint density at radius 2 is 2.28 bits per heavy atom. The van der Waals surface area contributed by atoms with Gasteiger partial charge in [0, 0.05) is 6.20 Å². The molecule has 0 saturated carbocycles. The fourth-order valence-electron chi connectivity index (χ4n) is 1.30. The molecule has 0 aromatic carbocycles. The van der Waals surface area contributed by atoms with Crippen LogP contribution in [0.15, 0.2) is 34.3 Å². The fraction of sp³-hybridized carbons (Fsp3) is 0.273. The zero-order chi connectivity index (χ0) is 12.8. The molecule has 0 atom stereocenters. The van der Waals surface area contributed by atoms with Crippen molar-refractivity contribution in [3.8, 4) is 0 Å². The second-order valence-electron chi connectivity index (χ2n) is 3.41. The van der Waals surface area contributed by atoms with Gasteiger partial charge in [0.05, 0.1) is 6.54 Å². The van der Waals surface area contributed by atoms with Crippen molar-refractivity contribution in [1.29, 1.82) is 0 Å². The van der Waals surface area contributed by atoms with Crippen molar-refractivity contribution in [2.45, 2.75) is 18.6 Å². The first-order valence-electron chi connectivity index (χ1n) is 5.53. The summed E-state index contributed by atoms with van der Waals surface area (Å²) >= 11 is 1.45. The maximum Gasteiger partial charge on any atom is 0.275 e. The second kappa shape index (κ2) is 6.15. The van der Waals surface area contributed by atoms with Crippen LogP contribution in [0.3, 0.4) is 0 Å². The molecule has 2 aromatic rings. The predicted molar refractivity (Wildman–Crippen MR) is 70.6 cm³/mol. The lowest BCUT2D eigenvalue weighted by Gasteiger charge is -2.03. The van der Waals surface area contributed by atoms with E-state index in [1.165, 1.54) is 11.8 Å². The van der Waals surface area contributed by atoms with Gasteiger partial charge in [-0.25, -0.2) is 4.98 Å². The summed E-state index contributed by atoms with van der Waals surface area (Å²) in [5.41, 5.74) is 0.130. The maximum absolute atomic E-state index is 11.7. The third-order valence-corrected chi connectivity index (χ3v) is 2.87. The molecule has 0 amide bonds. The van der Waals surface area contributed by atoms with E-state index >= 15 is 0 Å². The average Bonchev–Trinajstić information content (AvgIpc) is 2.39. The largest absolute Gasteiger partial charge is 0.364 e. The minimum absolute atomic E-state index is 0.218. The molecule has 0 spiro atoms. The Morgan fingerprint density at radius 1 is 1.39 bits per heavy atom. The van der Waals surface area contributed by atoms with E-state index in [4.69, 9.17) is 0 Å². The summed E-state index contributed by atoms with van der Waals surface area (Å²) < 4.78 is 0. The lowest BCUT2D eigenvalue weighted by molar-refractivity contribution is 0.767. The standard InChI is InChI=1S/C11H13N5OS/c1-2-18-11-14-10(17)8(15-16-11)7-13-9-5-3-4-6-12-9/h3-6H,2,7H2,1H3,(H,12,13)(H,14,16,17). The molecule has 0 aliphatic heterocycles. The van der Waals surface area contributed by atoms with Crippen LogP contribution in [0.2, 0.25) is 0 Å². The molecule has 2 N–H and O–H groups in total.